The summed E-state index contributed by atoms with van der Waals surface area (Å²) in [4.78, 5) is 14.3. The molecule has 2 atom stereocenters. The molecule has 2 unspecified atom stereocenters. The molecule has 1 fully saturated rings. The molecule has 3 rings (SSSR count). The summed E-state index contributed by atoms with van der Waals surface area (Å²) in [6, 6.07) is 7.45. The summed E-state index contributed by atoms with van der Waals surface area (Å²) in [6.07, 6.45) is 2.59. The lowest BCUT2D eigenvalue weighted by atomic mass is 9.98. The molecule has 0 spiro atoms. The van der Waals surface area contributed by atoms with Gasteiger partial charge in [0.05, 0.1) is 5.75 Å². The van der Waals surface area contributed by atoms with Crippen molar-refractivity contribution in [2.45, 2.75) is 37.0 Å². The van der Waals surface area contributed by atoms with Crippen molar-refractivity contribution in [3.05, 3.63) is 29.8 Å². The van der Waals surface area contributed by atoms with Crippen molar-refractivity contribution < 1.29 is 13.2 Å². The molecule has 0 aromatic heterocycles. The number of carbonyl (C=O) groups excluding carboxylic acids is 1. The molecule has 2 aliphatic heterocycles. The summed E-state index contributed by atoms with van der Waals surface area (Å²) >= 11 is 0. The number of hydrogen-bond acceptors (Lipinski definition) is 4. The van der Waals surface area contributed by atoms with Crippen LogP contribution in [-0.2, 0) is 21.1 Å². The standard InChI is InChI=1S/C15H20N2O3S/c16-12-9-11-5-1-2-6-13(11)17(10-12)15(18)14-7-3-4-8-21(14,19)20/h1-2,5-6,12,14H,3-4,7-10,16H2. The molecule has 6 heteroatoms. The number of nitrogens with two attached hydrogens (primary N) is 1. The van der Waals surface area contributed by atoms with Gasteiger partial charge in [0.1, 0.15) is 5.25 Å². The molecule has 2 aliphatic rings. The Balaban J connectivity index is 1.95. The van der Waals surface area contributed by atoms with E-state index in [1.54, 1.807) is 4.90 Å². The molecular formula is C15H20N2O3S. The van der Waals surface area contributed by atoms with Crippen LogP contribution >= 0.6 is 0 Å². The van der Waals surface area contributed by atoms with E-state index in [0.29, 0.717) is 19.4 Å². The quantitative estimate of drug-likeness (QED) is 0.835. The van der Waals surface area contributed by atoms with Crippen molar-refractivity contribution in [1.29, 1.82) is 0 Å². The van der Waals surface area contributed by atoms with E-state index >= 15 is 0 Å². The van der Waals surface area contributed by atoms with Gasteiger partial charge in [0.2, 0.25) is 5.91 Å². The number of anilines is 1. The minimum atomic E-state index is -3.32. The zero-order valence-electron chi connectivity index (χ0n) is 11.9. The monoisotopic (exact) mass is 308 g/mol. The first-order valence-corrected chi connectivity index (χ1v) is 9.07. The van der Waals surface area contributed by atoms with Gasteiger partial charge in [-0.2, -0.15) is 0 Å². The minimum Gasteiger partial charge on any atom is -0.326 e. The van der Waals surface area contributed by atoms with Gasteiger partial charge < -0.3 is 10.6 Å². The highest BCUT2D eigenvalue weighted by atomic mass is 32.2. The molecule has 21 heavy (non-hydrogen) atoms. The van der Waals surface area contributed by atoms with Crippen molar-refractivity contribution >= 4 is 21.4 Å². The van der Waals surface area contributed by atoms with Crippen LogP contribution in [0.2, 0.25) is 0 Å². The highest BCUT2D eigenvalue weighted by molar-refractivity contribution is 7.92. The van der Waals surface area contributed by atoms with Gasteiger partial charge >= 0.3 is 0 Å². The summed E-state index contributed by atoms with van der Waals surface area (Å²) in [5.74, 6) is -0.192. The van der Waals surface area contributed by atoms with E-state index in [-0.39, 0.29) is 17.7 Å². The molecule has 2 N–H and O–H groups in total. The van der Waals surface area contributed by atoms with Gasteiger partial charge in [-0.3, -0.25) is 4.79 Å². The molecule has 2 heterocycles. The van der Waals surface area contributed by atoms with Gasteiger partial charge in [-0.15, -0.1) is 0 Å². The predicted molar refractivity (Wildman–Crippen MR) is 81.9 cm³/mol. The fraction of sp³-hybridized carbons (Fsp3) is 0.533. The summed E-state index contributed by atoms with van der Waals surface area (Å²) in [5.41, 5.74) is 7.85. The van der Waals surface area contributed by atoms with Crippen molar-refractivity contribution in [3.63, 3.8) is 0 Å². The van der Waals surface area contributed by atoms with Crippen molar-refractivity contribution in [2.75, 3.05) is 17.2 Å². The molecule has 5 nitrogen and oxygen atoms in total. The zero-order chi connectivity index (χ0) is 15.0. The maximum atomic E-state index is 12.8. The van der Waals surface area contributed by atoms with Gasteiger partial charge in [0.25, 0.3) is 0 Å². The molecule has 0 aliphatic carbocycles. The molecule has 0 radical (unpaired) electrons. The summed E-state index contributed by atoms with van der Waals surface area (Å²) in [6.45, 7) is 0.391. The van der Waals surface area contributed by atoms with Crippen molar-refractivity contribution in [2.24, 2.45) is 5.73 Å². The third kappa shape index (κ3) is 2.70. The van der Waals surface area contributed by atoms with E-state index in [9.17, 15) is 13.2 Å². The van der Waals surface area contributed by atoms with Crippen LogP contribution in [0.5, 0.6) is 0 Å². The Morgan fingerprint density at radius 2 is 2.00 bits per heavy atom. The normalized spacial score (nSPS) is 28.0. The molecule has 1 amide bonds. The largest absolute Gasteiger partial charge is 0.326 e. The summed E-state index contributed by atoms with van der Waals surface area (Å²) < 4.78 is 24.4. The molecule has 0 saturated carbocycles. The first kappa shape index (κ1) is 14.5. The average Bonchev–Trinajstić information content (AvgIpc) is 2.45. The molecule has 1 saturated heterocycles. The van der Waals surface area contributed by atoms with Gasteiger partial charge in [0.15, 0.2) is 9.84 Å². The van der Waals surface area contributed by atoms with Crippen LogP contribution in [0.3, 0.4) is 0 Å². The first-order chi connectivity index (χ1) is 9.99. The number of fused-ring (bicyclic) bond motifs is 1. The maximum Gasteiger partial charge on any atom is 0.245 e. The molecular weight excluding hydrogens is 288 g/mol. The number of benzene rings is 1. The third-order valence-electron chi connectivity index (χ3n) is 4.30. The summed E-state index contributed by atoms with van der Waals surface area (Å²) in [5, 5.41) is -0.899. The summed E-state index contributed by atoms with van der Waals surface area (Å²) in [7, 11) is -3.32. The Hall–Kier alpha value is -1.40. The highest BCUT2D eigenvalue weighted by Gasteiger charge is 2.39. The highest BCUT2D eigenvalue weighted by Crippen LogP contribution is 2.30. The third-order valence-corrected chi connectivity index (χ3v) is 6.46. The van der Waals surface area contributed by atoms with Gasteiger partial charge in [-0.25, -0.2) is 8.42 Å². The smallest absolute Gasteiger partial charge is 0.245 e. The Labute approximate surface area is 125 Å². The average molecular weight is 308 g/mol. The van der Waals surface area contributed by atoms with Crippen LogP contribution in [0.4, 0.5) is 5.69 Å². The number of rotatable bonds is 1. The second kappa shape index (κ2) is 5.42. The van der Waals surface area contributed by atoms with E-state index in [4.69, 9.17) is 5.73 Å². The second-order valence-electron chi connectivity index (χ2n) is 5.89. The van der Waals surface area contributed by atoms with E-state index in [1.165, 1.54) is 0 Å². The van der Waals surface area contributed by atoms with Crippen LogP contribution in [0.15, 0.2) is 24.3 Å². The Bertz CT molecular complexity index is 657. The Kier molecular flexibility index (Phi) is 3.75. The second-order valence-corrected chi connectivity index (χ2v) is 8.20. The SMILES string of the molecule is NC1Cc2ccccc2N(C(=O)C2CCCCS2(=O)=O)C1. The van der Waals surface area contributed by atoms with E-state index < -0.39 is 15.1 Å². The topological polar surface area (TPSA) is 80.5 Å². The Morgan fingerprint density at radius 1 is 1.24 bits per heavy atom. The fourth-order valence-electron chi connectivity index (χ4n) is 3.24. The van der Waals surface area contributed by atoms with Crippen LogP contribution in [-0.4, -0.2) is 37.9 Å². The van der Waals surface area contributed by atoms with Crippen molar-refractivity contribution in [3.8, 4) is 0 Å². The Morgan fingerprint density at radius 3 is 2.76 bits per heavy atom. The molecule has 0 bridgehead atoms. The van der Waals surface area contributed by atoms with Crippen LogP contribution in [0.1, 0.15) is 24.8 Å². The number of para-hydroxylation sites is 1. The van der Waals surface area contributed by atoms with E-state index in [1.807, 2.05) is 24.3 Å². The number of carbonyl (C=O) groups is 1. The lowest BCUT2D eigenvalue weighted by Gasteiger charge is -2.35. The lowest BCUT2D eigenvalue weighted by molar-refractivity contribution is -0.118. The van der Waals surface area contributed by atoms with E-state index in [2.05, 4.69) is 0 Å². The van der Waals surface area contributed by atoms with Gasteiger partial charge in [-0.1, -0.05) is 24.6 Å². The number of nitrogens with zero attached hydrogens (tertiary/aromatic N) is 1. The first-order valence-electron chi connectivity index (χ1n) is 7.35. The number of hydrogen-bond donors (Lipinski definition) is 1. The van der Waals surface area contributed by atoms with Gasteiger partial charge in [-0.05, 0) is 30.9 Å². The fourth-order valence-corrected chi connectivity index (χ4v) is 5.09. The van der Waals surface area contributed by atoms with Crippen LogP contribution in [0, 0.1) is 0 Å². The lowest BCUT2D eigenvalue weighted by Crippen LogP contribution is -2.52. The zero-order valence-corrected chi connectivity index (χ0v) is 12.7. The van der Waals surface area contributed by atoms with Crippen LogP contribution in [0.25, 0.3) is 0 Å². The number of amides is 1. The minimum absolute atomic E-state index is 0.116. The molecule has 1 aromatic rings. The molecule has 114 valence electrons. The van der Waals surface area contributed by atoms with Crippen LogP contribution < -0.4 is 10.6 Å². The number of sulfone groups is 1. The van der Waals surface area contributed by atoms with Gasteiger partial charge in [0, 0.05) is 18.3 Å². The predicted octanol–water partition coefficient (Wildman–Crippen LogP) is 0.870. The van der Waals surface area contributed by atoms with Crippen molar-refractivity contribution in [1.82, 2.24) is 0 Å². The molecule has 1 aromatic carbocycles. The maximum absolute atomic E-state index is 12.8. The van der Waals surface area contributed by atoms with E-state index in [0.717, 1.165) is 24.1 Å².